The second-order valence-electron chi connectivity index (χ2n) is 5.01. The van der Waals surface area contributed by atoms with Gasteiger partial charge in [0.1, 0.15) is 0 Å². The molecule has 0 saturated heterocycles. The number of carbonyl (C=O) groups excluding carboxylic acids is 1. The molecule has 0 bridgehead atoms. The molecule has 0 radical (unpaired) electrons. The molecule has 0 fully saturated rings. The van der Waals surface area contributed by atoms with Crippen molar-refractivity contribution in [3.63, 3.8) is 0 Å². The number of pyridine rings is 1. The fourth-order valence-corrected chi connectivity index (χ4v) is 2.45. The number of rotatable bonds is 4. The molecule has 0 saturated carbocycles. The molecule has 114 valence electrons. The minimum absolute atomic E-state index is 0.186. The predicted octanol–water partition coefficient (Wildman–Crippen LogP) is 2.48. The highest BCUT2D eigenvalue weighted by Gasteiger charge is 2.16. The Morgan fingerprint density at radius 2 is 2.13 bits per heavy atom. The molecule has 1 amide bonds. The molecule has 3 rings (SSSR count). The van der Waals surface area contributed by atoms with Gasteiger partial charge in [0.05, 0.1) is 29.4 Å². The minimum atomic E-state index is -0.219. The minimum Gasteiger partial charge on any atom is -0.341 e. The third kappa shape index (κ3) is 2.79. The van der Waals surface area contributed by atoms with Crippen LogP contribution < -0.4 is 5.32 Å². The molecule has 0 aliphatic heterocycles. The first-order chi connectivity index (χ1) is 11.2. The van der Waals surface area contributed by atoms with E-state index in [1.807, 2.05) is 37.3 Å². The van der Waals surface area contributed by atoms with E-state index >= 15 is 0 Å². The highest BCUT2D eigenvalue weighted by atomic mass is 16.1. The number of nitrogens with zero attached hydrogens (tertiary/aromatic N) is 3. The average molecular weight is 304 g/mol. The van der Waals surface area contributed by atoms with Crippen LogP contribution in [0.15, 0.2) is 42.6 Å². The van der Waals surface area contributed by atoms with Gasteiger partial charge in [-0.3, -0.25) is 4.79 Å². The zero-order chi connectivity index (χ0) is 16.2. The molecule has 5 heteroatoms. The molecule has 1 aromatic carbocycles. The van der Waals surface area contributed by atoms with Gasteiger partial charge in [0.25, 0.3) is 5.91 Å². The zero-order valence-corrected chi connectivity index (χ0v) is 12.8. The van der Waals surface area contributed by atoms with Gasteiger partial charge in [-0.15, -0.1) is 6.42 Å². The molecule has 23 heavy (non-hydrogen) atoms. The Hall–Kier alpha value is -3.13. The number of hydrogen-bond acceptors (Lipinski definition) is 3. The van der Waals surface area contributed by atoms with Crippen molar-refractivity contribution in [1.82, 2.24) is 20.1 Å². The Labute approximate surface area is 134 Å². The van der Waals surface area contributed by atoms with Crippen LogP contribution in [0.4, 0.5) is 0 Å². The zero-order valence-electron chi connectivity index (χ0n) is 12.8. The molecule has 0 unspecified atom stereocenters. The third-order valence-corrected chi connectivity index (χ3v) is 3.57. The van der Waals surface area contributed by atoms with Gasteiger partial charge in [-0.25, -0.2) is 9.67 Å². The van der Waals surface area contributed by atoms with Crippen molar-refractivity contribution in [1.29, 1.82) is 0 Å². The van der Waals surface area contributed by atoms with Crippen molar-refractivity contribution in [3.8, 4) is 23.6 Å². The molecule has 1 N–H and O–H groups in total. The van der Waals surface area contributed by atoms with Crippen molar-refractivity contribution in [3.05, 3.63) is 48.2 Å². The second kappa shape index (κ2) is 6.32. The molecule has 0 aliphatic carbocycles. The van der Waals surface area contributed by atoms with Crippen molar-refractivity contribution >= 4 is 16.9 Å². The Kier molecular flexibility index (Phi) is 4.07. The Morgan fingerprint density at radius 1 is 1.35 bits per heavy atom. The van der Waals surface area contributed by atoms with E-state index < -0.39 is 0 Å². The maximum absolute atomic E-state index is 12.4. The van der Waals surface area contributed by atoms with E-state index in [9.17, 15) is 4.79 Å². The van der Waals surface area contributed by atoms with Gasteiger partial charge in [0.15, 0.2) is 5.65 Å². The lowest BCUT2D eigenvalue weighted by Crippen LogP contribution is -2.23. The third-order valence-electron chi connectivity index (χ3n) is 3.57. The van der Waals surface area contributed by atoms with Gasteiger partial charge in [-0.2, -0.15) is 5.10 Å². The van der Waals surface area contributed by atoms with Crippen molar-refractivity contribution in [2.24, 2.45) is 0 Å². The first-order valence-electron chi connectivity index (χ1n) is 7.38. The summed E-state index contributed by atoms with van der Waals surface area (Å²) in [5, 5.41) is 7.74. The number of amides is 1. The normalized spacial score (nSPS) is 10.4. The number of aryl methyl sites for hydroxylation is 1. The number of benzene rings is 1. The quantitative estimate of drug-likeness (QED) is 0.753. The van der Waals surface area contributed by atoms with E-state index in [-0.39, 0.29) is 12.5 Å². The lowest BCUT2D eigenvalue weighted by atomic mass is 10.1. The summed E-state index contributed by atoms with van der Waals surface area (Å²) in [7, 11) is 0. The number of terminal acetylenes is 1. The van der Waals surface area contributed by atoms with Crippen LogP contribution in [0.1, 0.15) is 17.3 Å². The fourth-order valence-electron chi connectivity index (χ4n) is 2.45. The molecule has 3 aromatic rings. The van der Waals surface area contributed by atoms with E-state index in [2.05, 4.69) is 21.3 Å². The van der Waals surface area contributed by atoms with Crippen LogP contribution in [0.5, 0.6) is 0 Å². The SMILES string of the molecule is C#CCNC(=O)c1cc(-c2ccccc2)nc2c1cnn2CC. The topological polar surface area (TPSA) is 59.8 Å². The first kappa shape index (κ1) is 14.8. The van der Waals surface area contributed by atoms with Crippen LogP contribution in [0.2, 0.25) is 0 Å². The highest BCUT2D eigenvalue weighted by molar-refractivity contribution is 6.06. The summed E-state index contributed by atoms with van der Waals surface area (Å²) in [5.74, 6) is 2.19. The van der Waals surface area contributed by atoms with Crippen LogP contribution in [0.25, 0.3) is 22.3 Å². The van der Waals surface area contributed by atoms with Gasteiger partial charge in [0, 0.05) is 12.1 Å². The second-order valence-corrected chi connectivity index (χ2v) is 5.01. The summed E-state index contributed by atoms with van der Waals surface area (Å²) in [5.41, 5.74) is 2.91. The molecule has 0 aliphatic rings. The number of carbonyl (C=O) groups is 1. The predicted molar refractivity (Wildman–Crippen MR) is 89.8 cm³/mol. The monoisotopic (exact) mass is 304 g/mol. The van der Waals surface area contributed by atoms with E-state index in [4.69, 9.17) is 6.42 Å². The van der Waals surface area contributed by atoms with Gasteiger partial charge in [-0.05, 0) is 13.0 Å². The summed E-state index contributed by atoms with van der Waals surface area (Å²) < 4.78 is 1.78. The first-order valence-corrected chi connectivity index (χ1v) is 7.38. The van der Waals surface area contributed by atoms with Crippen molar-refractivity contribution < 1.29 is 4.79 Å². The summed E-state index contributed by atoms with van der Waals surface area (Å²) in [6.07, 6.45) is 6.89. The molecule has 2 heterocycles. The number of aromatic nitrogens is 3. The van der Waals surface area contributed by atoms with E-state index in [0.29, 0.717) is 17.8 Å². The summed E-state index contributed by atoms with van der Waals surface area (Å²) in [6.45, 7) is 2.85. The Morgan fingerprint density at radius 3 is 2.83 bits per heavy atom. The van der Waals surface area contributed by atoms with Crippen molar-refractivity contribution in [2.45, 2.75) is 13.5 Å². The van der Waals surface area contributed by atoms with E-state index in [1.165, 1.54) is 0 Å². The molecule has 0 atom stereocenters. The van der Waals surface area contributed by atoms with Crippen LogP contribution >= 0.6 is 0 Å². The van der Waals surface area contributed by atoms with E-state index in [1.54, 1.807) is 16.9 Å². The molecular weight excluding hydrogens is 288 g/mol. The lowest BCUT2D eigenvalue weighted by molar-refractivity contribution is 0.0960. The summed E-state index contributed by atoms with van der Waals surface area (Å²) >= 11 is 0. The average Bonchev–Trinajstić information content (AvgIpc) is 3.02. The summed E-state index contributed by atoms with van der Waals surface area (Å²) in [6, 6.07) is 11.5. The Bertz CT molecular complexity index is 891. The van der Waals surface area contributed by atoms with Crippen molar-refractivity contribution in [2.75, 3.05) is 6.54 Å². The van der Waals surface area contributed by atoms with Crippen LogP contribution in [0.3, 0.4) is 0 Å². The smallest absolute Gasteiger partial charge is 0.252 e. The number of hydrogen-bond donors (Lipinski definition) is 1. The molecular formula is C18H16N4O. The van der Waals surface area contributed by atoms with Gasteiger partial charge < -0.3 is 5.32 Å². The van der Waals surface area contributed by atoms with Crippen LogP contribution in [-0.4, -0.2) is 27.2 Å². The fraction of sp³-hybridized carbons (Fsp3) is 0.167. The van der Waals surface area contributed by atoms with Gasteiger partial charge >= 0.3 is 0 Å². The van der Waals surface area contributed by atoms with Gasteiger partial charge in [0.2, 0.25) is 0 Å². The van der Waals surface area contributed by atoms with Crippen LogP contribution in [-0.2, 0) is 6.54 Å². The summed E-state index contributed by atoms with van der Waals surface area (Å²) in [4.78, 5) is 17.1. The lowest BCUT2D eigenvalue weighted by Gasteiger charge is -2.08. The van der Waals surface area contributed by atoms with Gasteiger partial charge in [-0.1, -0.05) is 36.3 Å². The maximum Gasteiger partial charge on any atom is 0.252 e. The molecule has 2 aromatic heterocycles. The number of nitrogens with one attached hydrogen (secondary N) is 1. The maximum atomic E-state index is 12.4. The van der Waals surface area contributed by atoms with Crippen LogP contribution in [0, 0.1) is 12.3 Å². The largest absolute Gasteiger partial charge is 0.341 e. The Balaban J connectivity index is 2.19. The van der Waals surface area contributed by atoms with E-state index in [0.717, 1.165) is 16.6 Å². The standard InChI is InChI=1S/C18H16N4O/c1-3-10-19-18(23)14-11-16(13-8-6-5-7-9-13)21-17-15(14)12-20-22(17)4-2/h1,5-9,11-12H,4,10H2,2H3,(H,19,23). The molecule has 5 nitrogen and oxygen atoms in total. The number of fused-ring (bicyclic) bond motifs is 1. The molecule has 0 spiro atoms. The highest BCUT2D eigenvalue weighted by Crippen LogP contribution is 2.24.